The average Bonchev–Trinajstić information content (AvgIpc) is 3.10. The molecule has 6 nitrogen and oxygen atoms in total. The highest BCUT2D eigenvalue weighted by atomic mass is 16.5. The molecule has 0 bridgehead atoms. The Balaban J connectivity index is 1.79. The quantitative estimate of drug-likeness (QED) is 0.625. The van der Waals surface area contributed by atoms with Gasteiger partial charge in [-0.15, -0.1) is 0 Å². The predicted octanol–water partition coefficient (Wildman–Crippen LogP) is 4.23. The van der Waals surface area contributed by atoms with Gasteiger partial charge in [0.15, 0.2) is 0 Å². The van der Waals surface area contributed by atoms with Crippen molar-refractivity contribution < 1.29 is 19.4 Å². The number of fused-ring (bicyclic) bond motifs is 3. The number of aliphatic carboxylic acids is 1. The minimum absolute atomic E-state index is 0.0408. The van der Waals surface area contributed by atoms with Crippen LogP contribution in [0.15, 0.2) is 24.3 Å². The van der Waals surface area contributed by atoms with Crippen LogP contribution in [0.1, 0.15) is 63.1 Å². The number of hydrogen-bond acceptors (Lipinski definition) is 3. The molecule has 1 aromatic carbocycles. The molecular formula is C23H32N2O4. The molecule has 1 atom stereocenters. The van der Waals surface area contributed by atoms with Crippen molar-refractivity contribution in [2.75, 3.05) is 20.2 Å². The minimum atomic E-state index is -0.827. The van der Waals surface area contributed by atoms with Gasteiger partial charge >= 0.3 is 5.97 Å². The Kier molecular flexibility index (Phi) is 6.96. The zero-order valence-electron chi connectivity index (χ0n) is 17.5. The molecule has 2 aromatic rings. The summed E-state index contributed by atoms with van der Waals surface area (Å²) in [5, 5.41) is 10.5. The fourth-order valence-electron chi connectivity index (χ4n) is 4.33. The van der Waals surface area contributed by atoms with E-state index in [0.717, 1.165) is 37.0 Å². The zero-order chi connectivity index (χ0) is 20.9. The van der Waals surface area contributed by atoms with Gasteiger partial charge in [0.05, 0.1) is 12.3 Å². The summed E-state index contributed by atoms with van der Waals surface area (Å²) in [7, 11) is 1.85. The average molecular weight is 401 g/mol. The molecule has 0 saturated heterocycles. The summed E-state index contributed by atoms with van der Waals surface area (Å²) < 4.78 is 6.26. The van der Waals surface area contributed by atoms with Gasteiger partial charge in [-0.3, -0.25) is 9.59 Å². The lowest BCUT2D eigenvalue weighted by Gasteiger charge is -2.37. The normalized spacial score (nSPS) is 18.6. The number of rotatable bonds is 10. The van der Waals surface area contributed by atoms with Gasteiger partial charge in [-0.2, -0.15) is 0 Å². The summed E-state index contributed by atoms with van der Waals surface area (Å²) in [6.07, 6.45) is 5.08. The maximum absolute atomic E-state index is 12.4. The molecule has 0 radical (unpaired) electrons. The van der Waals surface area contributed by atoms with Gasteiger partial charge in [0.2, 0.25) is 5.91 Å². The Morgan fingerprint density at radius 1 is 1.21 bits per heavy atom. The molecule has 0 aliphatic carbocycles. The molecule has 2 N–H and O–H groups in total. The first-order valence-electron chi connectivity index (χ1n) is 10.7. The number of carboxylic acids is 1. The second kappa shape index (κ2) is 9.44. The van der Waals surface area contributed by atoms with Gasteiger partial charge in [-0.25, -0.2) is 0 Å². The highest BCUT2D eigenvalue weighted by Gasteiger charge is 2.40. The Hall–Kier alpha value is -2.34. The number of nitrogens with zero attached hydrogens (tertiary/aromatic N) is 1. The summed E-state index contributed by atoms with van der Waals surface area (Å²) in [5.74, 6) is -0.689. The molecule has 6 heteroatoms. The number of H-pyrrole nitrogens is 1. The van der Waals surface area contributed by atoms with Crippen molar-refractivity contribution in [1.82, 2.24) is 9.88 Å². The monoisotopic (exact) mass is 400 g/mol. The molecule has 1 aliphatic heterocycles. The van der Waals surface area contributed by atoms with E-state index < -0.39 is 11.6 Å². The number of carbonyl (C=O) groups is 2. The molecule has 2 heterocycles. The Labute approximate surface area is 172 Å². The summed E-state index contributed by atoms with van der Waals surface area (Å²) in [4.78, 5) is 29.0. The van der Waals surface area contributed by atoms with E-state index in [4.69, 9.17) is 4.74 Å². The molecule has 1 aliphatic rings. The third kappa shape index (κ3) is 4.81. The number of carboxylic acid groups (broad SMARTS) is 1. The molecule has 1 amide bonds. The van der Waals surface area contributed by atoms with Crippen LogP contribution in [0.3, 0.4) is 0 Å². The first-order chi connectivity index (χ1) is 14.0. The highest BCUT2D eigenvalue weighted by Crippen LogP contribution is 2.43. The summed E-state index contributed by atoms with van der Waals surface area (Å²) in [6.45, 7) is 3.46. The number of hydrogen-bond donors (Lipinski definition) is 2. The number of aromatic nitrogens is 1. The lowest BCUT2D eigenvalue weighted by atomic mass is 9.83. The summed E-state index contributed by atoms with van der Waals surface area (Å²) >= 11 is 0. The van der Waals surface area contributed by atoms with Crippen molar-refractivity contribution in [1.29, 1.82) is 0 Å². The largest absolute Gasteiger partial charge is 0.481 e. The third-order valence-electron chi connectivity index (χ3n) is 5.99. The maximum atomic E-state index is 12.4. The van der Waals surface area contributed by atoms with Crippen LogP contribution in [0.25, 0.3) is 10.9 Å². The number of para-hydroxylation sites is 1. The predicted molar refractivity (Wildman–Crippen MR) is 113 cm³/mol. The van der Waals surface area contributed by atoms with Crippen LogP contribution in [0.2, 0.25) is 0 Å². The number of carbonyl (C=O) groups excluding carboxylic acids is 1. The van der Waals surface area contributed by atoms with Gasteiger partial charge in [-0.1, -0.05) is 31.5 Å². The topological polar surface area (TPSA) is 82.6 Å². The SMILES string of the molecule is CCCCN(C)C(=O)CCCC1(CCC(=O)O)OCCc2c1[nH]c1ccccc21. The molecule has 0 saturated carbocycles. The van der Waals surface area contributed by atoms with Crippen LogP contribution in [0.4, 0.5) is 0 Å². The Morgan fingerprint density at radius 2 is 2.00 bits per heavy atom. The molecule has 0 spiro atoms. The van der Waals surface area contributed by atoms with E-state index >= 15 is 0 Å². The Morgan fingerprint density at radius 3 is 2.76 bits per heavy atom. The van der Waals surface area contributed by atoms with E-state index in [-0.39, 0.29) is 12.3 Å². The van der Waals surface area contributed by atoms with E-state index in [1.54, 1.807) is 4.90 Å². The molecule has 0 fully saturated rings. The van der Waals surface area contributed by atoms with Crippen LogP contribution in [0.5, 0.6) is 0 Å². The van der Waals surface area contributed by atoms with Crippen molar-refractivity contribution in [3.8, 4) is 0 Å². The van der Waals surface area contributed by atoms with E-state index in [0.29, 0.717) is 32.3 Å². The van der Waals surface area contributed by atoms with Gasteiger partial charge in [0.25, 0.3) is 0 Å². The van der Waals surface area contributed by atoms with Crippen LogP contribution >= 0.6 is 0 Å². The number of ether oxygens (including phenoxy) is 1. The molecule has 1 unspecified atom stereocenters. The molecule has 3 rings (SSSR count). The second-order valence-electron chi connectivity index (χ2n) is 8.03. The van der Waals surface area contributed by atoms with E-state index in [1.165, 1.54) is 10.9 Å². The van der Waals surface area contributed by atoms with Crippen molar-refractivity contribution in [2.24, 2.45) is 0 Å². The first-order valence-corrected chi connectivity index (χ1v) is 10.7. The molecule has 1 aromatic heterocycles. The van der Waals surface area contributed by atoms with Crippen molar-refractivity contribution in [2.45, 2.75) is 63.9 Å². The molecule has 158 valence electrons. The number of amides is 1. The Bertz CT molecular complexity index is 860. The smallest absolute Gasteiger partial charge is 0.303 e. The van der Waals surface area contributed by atoms with Gasteiger partial charge in [0.1, 0.15) is 5.60 Å². The summed E-state index contributed by atoms with van der Waals surface area (Å²) in [6, 6.07) is 8.16. The van der Waals surface area contributed by atoms with Gasteiger partial charge in [-0.05, 0) is 43.7 Å². The van der Waals surface area contributed by atoms with Crippen molar-refractivity contribution in [3.05, 3.63) is 35.5 Å². The number of aromatic amines is 1. The fraction of sp³-hybridized carbons (Fsp3) is 0.565. The van der Waals surface area contributed by atoms with Crippen LogP contribution in [0, 0.1) is 0 Å². The van der Waals surface area contributed by atoms with E-state index in [9.17, 15) is 14.7 Å². The first kappa shape index (κ1) is 21.4. The second-order valence-corrected chi connectivity index (χ2v) is 8.03. The third-order valence-corrected chi connectivity index (χ3v) is 5.99. The maximum Gasteiger partial charge on any atom is 0.303 e. The standard InChI is InChI=1S/C23H32N2O4/c1-3-4-15-25(2)20(26)10-7-13-23(14-11-21(27)28)22-18(12-16-29-23)17-8-5-6-9-19(17)24-22/h5-6,8-9,24H,3-4,7,10-16H2,1-2H3,(H,27,28). The lowest BCUT2D eigenvalue weighted by Crippen LogP contribution is -2.37. The van der Waals surface area contributed by atoms with Crippen LogP contribution in [-0.2, 0) is 26.3 Å². The number of unbranched alkanes of at least 4 members (excludes halogenated alkanes) is 1. The molecular weight excluding hydrogens is 368 g/mol. The van der Waals surface area contributed by atoms with Crippen molar-refractivity contribution in [3.63, 3.8) is 0 Å². The number of nitrogens with one attached hydrogen (secondary N) is 1. The summed E-state index contributed by atoms with van der Waals surface area (Å²) in [5.41, 5.74) is 2.60. The minimum Gasteiger partial charge on any atom is -0.481 e. The van der Waals surface area contributed by atoms with E-state index in [2.05, 4.69) is 18.0 Å². The number of benzene rings is 1. The van der Waals surface area contributed by atoms with Crippen LogP contribution in [-0.4, -0.2) is 47.1 Å². The van der Waals surface area contributed by atoms with Gasteiger partial charge in [0, 0.05) is 37.3 Å². The fourth-order valence-corrected chi connectivity index (χ4v) is 4.33. The zero-order valence-corrected chi connectivity index (χ0v) is 17.5. The lowest BCUT2D eigenvalue weighted by molar-refractivity contribution is -0.141. The van der Waals surface area contributed by atoms with Crippen molar-refractivity contribution >= 4 is 22.8 Å². The molecule has 29 heavy (non-hydrogen) atoms. The van der Waals surface area contributed by atoms with Crippen LogP contribution < -0.4 is 0 Å². The van der Waals surface area contributed by atoms with E-state index in [1.807, 2.05) is 25.2 Å². The highest BCUT2D eigenvalue weighted by molar-refractivity contribution is 5.85. The van der Waals surface area contributed by atoms with Gasteiger partial charge < -0.3 is 19.7 Å².